The molecule has 0 aliphatic rings. The van der Waals surface area contributed by atoms with Crippen molar-refractivity contribution in [2.24, 2.45) is 9.98 Å². The van der Waals surface area contributed by atoms with E-state index in [0.29, 0.717) is 0 Å². The summed E-state index contributed by atoms with van der Waals surface area (Å²) in [5.74, 6) is 0.939. The first-order valence-corrected chi connectivity index (χ1v) is 16.8. The highest BCUT2D eigenvalue weighted by atomic mass is 35.5. The summed E-state index contributed by atoms with van der Waals surface area (Å²) >= 11 is 5.82. The predicted octanol–water partition coefficient (Wildman–Crippen LogP) is 13.0. The molecule has 0 N–H and O–H groups in total. The number of hydrogen-bond donors (Lipinski definition) is 0. The first-order chi connectivity index (χ1) is 21.7. The zero-order chi connectivity index (χ0) is 34.4. The van der Waals surface area contributed by atoms with E-state index in [1.807, 2.05) is 84.3 Å². The number of halogens is 1. The third kappa shape index (κ3) is 15.2. The molecule has 244 valence electrons. The Kier molecular flexibility index (Phi) is 21.7. The molecular weight excluding hydrogens is 572 g/mol. The Hall–Kier alpha value is -3.69. The van der Waals surface area contributed by atoms with E-state index in [1.165, 1.54) is 33.4 Å². The molecule has 0 fully saturated rings. The molecule has 0 saturated heterocycles. The average molecular weight is 629 g/mol. The predicted molar refractivity (Wildman–Crippen MR) is 204 cm³/mol. The molecule has 0 spiro atoms. The molecule has 0 unspecified atom stereocenters. The summed E-state index contributed by atoms with van der Waals surface area (Å²) in [7, 11) is 1.73. The van der Waals surface area contributed by atoms with Crippen LogP contribution in [0.5, 0.6) is 5.75 Å². The Morgan fingerprint density at radius 3 is 1.38 bits per heavy atom. The van der Waals surface area contributed by atoms with Crippen LogP contribution in [0, 0.1) is 27.7 Å². The lowest BCUT2D eigenvalue weighted by atomic mass is 10.0. The topological polar surface area (TPSA) is 34.0 Å². The van der Waals surface area contributed by atoms with Crippen molar-refractivity contribution in [1.29, 1.82) is 0 Å². The summed E-state index contributed by atoms with van der Waals surface area (Å²) in [5, 5.41) is 0.732. The lowest BCUT2D eigenvalue weighted by Crippen LogP contribution is -1.96. The quantitative estimate of drug-likeness (QED) is 0.187. The van der Waals surface area contributed by atoms with Crippen LogP contribution in [0.3, 0.4) is 0 Å². The average Bonchev–Trinajstić information content (AvgIpc) is 3.05. The van der Waals surface area contributed by atoms with Gasteiger partial charge >= 0.3 is 0 Å². The normalized spacial score (nSPS) is 10.0. The Bertz CT molecular complexity index is 1390. The smallest absolute Gasteiger partial charge is 0.124 e. The van der Waals surface area contributed by atoms with Gasteiger partial charge in [0.2, 0.25) is 0 Å². The molecule has 0 aliphatic carbocycles. The fourth-order valence-electron chi connectivity index (χ4n) is 4.65. The molecule has 0 atom stereocenters. The zero-order valence-electron chi connectivity index (χ0n) is 30.2. The zero-order valence-corrected chi connectivity index (χ0v) is 30.9. The molecule has 0 saturated carbocycles. The van der Waals surface area contributed by atoms with Gasteiger partial charge in [-0.15, -0.1) is 0 Å². The second-order valence-corrected chi connectivity index (χ2v) is 10.3. The van der Waals surface area contributed by atoms with Crippen LogP contribution in [0.25, 0.3) is 0 Å². The van der Waals surface area contributed by atoms with Gasteiger partial charge in [0.05, 0.1) is 18.5 Å². The first-order valence-electron chi connectivity index (χ1n) is 16.4. The molecule has 0 aromatic heterocycles. The summed E-state index contributed by atoms with van der Waals surface area (Å²) in [5.41, 5.74) is 11.7. The maximum atomic E-state index is 5.82. The van der Waals surface area contributed by atoms with Crippen molar-refractivity contribution in [3.63, 3.8) is 0 Å². The first kappa shape index (κ1) is 41.3. The second-order valence-electron chi connectivity index (χ2n) is 9.83. The van der Waals surface area contributed by atoms with Crippen molar-refractivity contribution in [1.82, 2.24) is 0 Å². The van der Waals surface area contributed by atoms with Gasteiger partial charge in [0.15, 0.2) is 0 Å². The Morgan fingerprint density at radius 1 is 0.578 bits per heavy atom. The molecule has 4 rings (SSSR count). The molecular formula is C41H57ClN2O. The van der Waals surface area contributed by atoms with Crippen molar-refractivity contribution in [3.8, 4) is 5.75 Å². The monoisotopic (exact) mass is 628 g/mol. The van der Waals surface area contributed by atoms with E-state index < -0.39 is 0 Å². The maximum Gasteiger partial charge on any atom is 0.124 e. The van der Waals surface area contributed by atoms with Gasteiger partial charge in [0.25, 0.3) is 0 Å². The number of ether oxygens (including phenoxy) is 1. The van der Waals surface area contributed by atoms with Crippen LogP contribution in [0.15, 0.2) is 82.8 Å². The molecule has 0 amide bonds. The number of nitrogens with zero attached hydrogens (tertiary/aromatic N) is 2. The van der Waals surface area contributed by atoms with Gasteiger partial charge in [-0.05, 0) is 93.1 Å². The number of benzene rings is 4. The molecule has 4 aromatic rings. The third-order valence-corrected chi connectivity index (χ3v) is 6.53. The summed E-state index contributed by atoms with van der Waals surface area (Å²) in [6, 6.07) is 24.5. The summed E-state index contributed by atoms with van der Waals surface area (Å²) in [4.78, 5) is 9.06. The summed E-state index contributed by atoms with van der Waals surface area (Å²) in [6.07, 6.45) is 5.78. The summed E-state index contributed by atoms with van der Waals surface area (Å²) in [6.45, 7) is 24.7. The van der Waals surface area contributed by atoms with Crippen molar-refractivity contribution in [3.05, 3.63) is 122 Å². The SMILES string of the molecule is CC.CC.CC.CCc1cc(N=Cc2cc(C)cc(C)c2)cc(OC)c1CC.Cc1cc(C)cc(C=Nc2ccc(Cl)cc2)c1. The second kappa shape index (κ2) is 23.7. The maximum absolute atomic E-state index is 5.82. The fraction of sp³-hybridized carbons (Fsp3) is 0.366. The standard InChI is InChI=1S/C20H25NO.C15H14ClN.3C2H6/c1-6-17-11-18(12-20(22-5)19(17)7-2)21-13-16-9-14(3)8-15(4)10-16;1-11-7-12(2)9-13(8-11)10-17-15-5-3-14(16)4-6-15;3*1-2/h8-13H,6-7H2,1-5H3;3-10H,1-2H3;3*1-2H3. The van der Waals surface area contributed by atoms with Crippen LogP contribution < -0.4 is 4.74 Å². The number of rotatable bonds is 7. The van der Waals surface area contributed by atoms with E-state index in [1.54, 1.807) is 7.11 Å². The van der Waals surface area contributed by atoms with E-state index in [4.69, 9.17) is 16.3 Å². The molecule has 0 aliphatic heterocycles. The highest BCUT2D eigenvalue weighted by Crippen LogP contribution is 2.30. The van der Waals surface area contributed by atoms with Gasteiger partial charge in [0.1, 0.15) is 5.75 Å². The number of aryl methyl sites for hydroxylation is 5. The summed E-state index contributed by atoms with van der Waals surface area (Å²) < 4.78 is 5.54. The lowest BCUT2D eigenvalue weighted by Gasteiger charge is -2.12. The minimum absolute atomic E-state index is 0.732. The molecule has 4 heteroatoms. The molecule has 4 aromatic carbocycles. The van der Waals surface area contributed by atoms with Gasteiger partial charge < -0.3 is 4.74 Å². The van der Waals surface area contributed by atoms with Crippen LogP contribution in [-0.2, 0) is 12.8 Å². The van der Waals surface area contributed by atoms with Gasteiger partial charge in [-0.1, -0.05) is 126 Å². The Labute approximate surface area is 280 Å². The van der Waals surface area contributed by atoms with E-state index in [2.05, 4.69) is 94.0 Å². The molecule has 0 heterocycles. The largest absolute Gasteiger partial charge is 0.496 e. The van der Waals surface area contributed by atoms with Crippen LogP contribution in [-0.4, -0.2) is 19.5 Å². The number of methoxy groups -OCH3 is 1. The van der Waals surface area contributed by atoms with Gasteiger partial charge in [-0.2, -0.15) is 0 Å². The Morgan fingerprint density at radius 2 is 1.00 bits per heavy atom. The highest BCUT2D eigenvalue weighted by Gasteiger charge is 2.08. The van der Waals surface area contributed by atoms with Crippen molar-refractivity contribution in [2.75, 3.05) is 7.11 Å². The van der Waals surface area contributed by atoms with E-state index >= 15 is 0 Å². The van der Waals surface area contributed by atoms with Gasteiger partial charge in [0, 0.05) is 23.5 Å². The van der Waals surface area contributed by atoms with E-state index in [0.717, 1.165) is 46.1 Å². The van der Waals surface area contributed by atoms with Crippen LogP contribution in [0.2, 0.25) is 5.02 Å². The van der Waals surface area contributed by atoms with Gasteiger partial charge in [-0.25, -0.2) is 0 Å². The number of aliphatic imine (C=N–C) groups is 2. The lowest BCUT2D eigenvalue weighted by molar-refractivity contribution is 0.409. The van der Waals surface area contributed by atoms with Crippen molar-refractivity contribution >= 4 is 35.4 Å². The molecule has 0 radical (unpaired) electrons. The number of hydrogen-bond acceptors (Lipinski definition) is 3. The van der Waals surface area contributed by atoms with E-state index in [-0.39, 0.29) is 0 Å². The van der Waals surface area contributed by atoms with Crippen LogP contribution in [0.1, 0.15) is 99.9 Å². The van der Waals surface area contributed by atoms with Crippen LogP contribution >= 0.6 is 11.6 Å². The Balaban J connectivity index is 0.000000754. The highest BCUT2D eigenvalue weighted by molar-refractivity contribution is 6.30. The minimum atomic E-state index is 0.732. The molecule has 0 bridgehead atoms. The molecule has 45 heavy (non-hydrogen) atoms. The van der Waals surface area contributed by atoms with Crippen molar-refractivity contribution < 1.29 is 4.74 Å². The van der Waals surface area contributed by atoms with Crippen LogP contribution in [0.4, 0.5) is 11.4 Å². The van der Waals surface area contributed by atoms with E-state index in [9.17, 15) is 0 Å². The minimum Gasteiger partial charge on any atom is -0.496 e. The fourth-order valence-corrected chi connectivity index (χ4v) is 4.78. The third-order valence-electron chi connectivity index (χ3n) is 6.28. The molecule has 3 nitrogen and oxygen atoms in total. The van der Waals surface area contributed by atoms with Crippen molar-refractivity contribution in [2.45, 2.75) is 95.9 Å². The van der Waals surface area contributed by atoms with Gasteiger partial charge in [-0.3, -0.25) is 9.98 Å².